The molecule has 0 unspecified atom stereocenters. The van der Waals surface area contributed by atoms with Crippen molar-refractivity contribution in [2.24, 2.45) is 5.92 Å². The summed E-state index contributed by atoms with van der Waals surface area (Å²) in [4.78, 5) is 28.9. The molecule has 0 N–H and O–H groups in total. The molecule has 4 rings (SSSR count). The monoisotopic (exact) mass is 518 g/mol. The number of rotatable bonds is 7. The fourth-order valence-electron chi connectivity index (χ4n) is 4.17. The number of halogens is 1. The molecule has 0 bridgehead atoms. The lowest BCUT2D eigenvalue weighted by molar-refractivity contribution is -0.120. The van der Waals surface area contributed by atoms with Crippen molar-refractivity contribution in [1.29, 1.82) is 0 Å². The van der Waals surface area contributed by atoms with E-state index in [-0.39, 0.29) is 34.8 Å². The third-order valence-corrected chi connectivity index (χ3v) is 8.74. The highest BCUT2D eigenvalue weighted by atomic mass is 79.9. The van der Waals surface area contributed by atoms with Crippen molar-refractivity contribution in [2.45, 2.75) is 44.4 Å². The lowest BCUT2D eigenvalue weighted by Crippen LogP contribution is -2.32. The van der Waals surface area contributed by atoms with Crippen LogP contribution in [0.25, 0.3) is 0 Å². The molecule has 2 aromatic rings. The molecule has 0 saturated heterocycles. The Hall–Kier alpha value is -2.19. The van der Waals surface area contributed by atoms with Gasteiger partial charge in [0.05, 0.1) is 10.6 Å². The summed E-state index contributed by atoms with van der Waals surface area (Å²) in [5.41, 5.74) is 3.46. The molecular weight excluding hydrogens is 492 g/mol. The third kappa shape index (κ3) is 4.62. The van der Waals surface area contributed by atoms with Crippen LogP contribution in [0.4, 0.5) is 11.4 Å². The third-order valence-electron chi connectivity index (χ3n) is 6.07. The Morgan fingerprint density at radius 2 is 1.94 bits per heavy atom. The van der Waals surface area contributed by atoms with Gasteiger partial charge in [0.15, 0.2) is 9.84 Å². The Morgan fingerprint density at radius 3 is 2.59 bits per heavy atom. The molecule has 32 heavy (non-hydrogen) atoms. The summed E-state index contributed by atoms with van der Waals surface area (Å²) in [6.45, 7) is 4.87. The highest BCUT2D eigenvalue weighted by molar-refractivity contribution is 9.10. The van der Waals surface area contributed by atoms with Crippen molar-refractivity contribution in [3.8, 4) is 0 Å². The molecule has 1 aliphatic carbocycles. The molecule has 8 heteroatoms. The van der Waals surface area contributed by atoms with Gasteiger partial charge in [-0.05, 0) is 84.4 Å². The first kappa shape index (κ1) is 23.0. The lowest BCUT2D eigenvalue weighted by Gasteiger charge is -2.22. The second-order valence-electron chi connectivity index (χ2n) is 8.47. The van der Waals surface area contributed by atoms with Crippen molar-refractivity contribution < 1.29 is 18.0 Å². The molecule has 2 amide bonds. The maximum absolute atomic E-state index is 13.2. The zero-order valence-corrected chi connectivity index (χ0v) is 20.7. The molecule has 1 heterocycles. The molecule has 1 saturated carbocycles. The Bertz CT molecular complexity index is 1170. The molecule has 170 valence electrons. The van der Waals surface area contributed by atoms with Gasteiger partial charge in [-0.1, -0.05) is 12.1 Å². The summed E-state index contributed by atoms with van der Waals surface area (Å²) >= 11 is 3.40. The second-order valence-corrected chi connectivity index (χ2v) is 11.4. The first-order chi connectivity index (χ1) is 15.2. The van der Waals surface area contributed by atoms with Crippen LogP contribution in [-0.4, -0.2) is 39.1 Å². The predicted octanol–water partition coefficient (Wildman–Crippen LogP) is 4.27. The van der Waals surface area contributed by atoms with Crippen LogP contribution in [0.1, 0.15) is 37.3 Å². The zero-order valence-electron chi connectivity index (χ0n) is 18.3. The molecule has 1 aliphatic heterocycles. The maximum Gasteiger partial charge on any atom is 0.230 e. The van der Waals surface area contributed by atoms with Gasteiger partial charge in [0.25, 0.3) is 0 Å². The summed E-state index contributed by atoms with van der Waals surface area (Å²) < 4.78 is 26.8. The van der Waals surface area contributed by atoms with E-state index in [1.54, 1.807) is 21.9 Å². The SMILES string of the molecule is CCN(C(=O)CCS(=O)(=O)c1cc2c(cc1Br)CCN2C(=O)C1CC1)c1cccc(C)c1. The molecule has 0 spiro atoms. The Balaban J connectivity index is 1.53. The highest BCUT2D eigenvalue weighted by Crippen LogP contribution is 2.39. The number of aryl methyl sites for hydroxylation is 1. The van der Waals surface area contributed by atoms with Gasteiger partial charge in [-0.15, -0.1) is 0 Å². The lowest BCUT2D eigenvalue weighted by atomic mass is 10.2. The number of fused-ring (bicyclic) bond motifs is 1. The number of hydrogen-bond acceptors (Lipinski definition) is 4. The number of hydrogen-bond donors (Lipinski definition) is 0. The van der Waals surface area contributed by atoms with Crippen molar-refractivity contribution in [1.82, 2.24) is 0 Å². The fraction of sp³-hybridized carbons (Fsp3) is 0.417. The largest absolute Gasteiger partial charge is 0.313 e. The van der Waals surface area contributed by atoms with E-state index in [0.717, 1.165) is 29.7 Å². The summed E-state index contributed by atoms with van der Waals surface area (Å²) in [6.07, 6.45) is 2.41. The van der Waals surface area contributed by atoms with E-state index in [1.807, 2.05) is 38.1 Å². The highest BCUT2D eigenvalue weighted by Gasteiger charge is 2.37. The number of sulfone groups is 1. The summed E-state index contributed by atoms with van der Waals surface area (Å²) in [7, 11) is -3.73. The van der Waals surface area contributed by atoms with E-state index >= 15 is 0 Å². The van der Waals surface area contributed by atoms with E-state index < -0.39 is 9.84 Å². The Kier molecular flexibility index (Phi) is 6.45. The van der Waals surface area contributed by atoms with Crippen molar-refractivity contribution in [3.63, 3.8) is 0 Å². The standard InChI is InChI=1S/C24H27BrN2O4S/c1-3-26(19-6-4-5-16(2)13-19)23(28)10-12-32(30,31)22-15-21-18(14-20(22)25)9-11-27(21)24(29)17-7-8-17/h4-6,13-15,17H,3,7-12H2,1-2H3. The van der Waals surface area contributed by atoms with Gasteiger partial charge >= 0.3 is 0 Å². The first-order valence-corrected chi connectivity index (χ1v) is 13.4. The van der Waals surface area contributed by atoms with E-state index in [4.69, 9.17) is 0 Å². The van der Waals surface area contributed by atoms with Gasteiger partial charge in [-0.25, -0.2) is 8.42 Å². The van der Waals surface area contributed by atoms with E-state index in [0.29, 0.717) is 29.7 Å². The molecule has 1 fully saturated rings. The number of anilines is 2. The average Bonchev–Trinajstić information content (AvgIpc) is 3.52. The molecule has 2 aliphatic rings. The number of benzene rings is 2. The number of nitrogens with zero attached hydrogens (tertiary/aromatic N) is 2. The number of amides is 2. The van der Waals surface area contributed by atoms with E-state index in [9.17, 15) is 18.0 Å². The first-order valence-electron chi connectivity index (χ1n) is 10.9. The second kappa shape index (κ2) is 8.98. The van der Waals surface area contributed by atoms with Crippen LogP contribution in [-0.2, 0) is 25.8 Å². The zero-order chi connectivity index (χ0) is 23.0. The molecule has 0 radical (unpaired) electrons. The maximum atomic E-state index is 13.2. The van der Waals surface area contributed by atoms with Crippen LogP contribution in [0.5, 0.6) is 0 Å². The Labute approximate surface area is 197 Å². The summed E-state index contributed by atoms with van der Waals surface area (Å²) in [5.74, 6) is -0.364. The van der Waals surface area contributed by atoms with Gasteiger partial charge in [-0.2, -0.15) is 0 Å². The smallest absolute Gasteiger partial charge is 0.230 e. The minimum atomic E-state index is -3.73. The van der Waals surface area contributed by atoms with Gasteiger partial charge < -0.3 is 9.80 Å². The van der Waals surface area contributed by atoms with Crippen molar-refractivity contribution in [3.05, 3.63) is 52.0 Å². The number of carbonyl (C=O) groups excluding carboxylic acids is 2. The van der Waals surface area contributed by atoms with Crippen molar-refractivity contribution >= 4 is 49.0 Å². The van der Waals surface area contributed by atoms with Crippen LogP contribution >= 0.6 is 15.9 Å². The van der Waals surface area contributed by atoms with Crippen LogP contribution in [0.3, 0.4) is 0 Å². The van der Waals surface area contributed by atoms with Crippen molar-refractivity contribution in [2.75, 3.05) is 28.6 Å². The van der Waals surface area contributed by atoms with E-state index in [1.165, 1.54) is 0 Å². The minimum Gasteiger partial charge on any atom is -0.313 e. The molecule has 0 atom stereocenters. The van der Waals surface area contributed by atoms with Gasteiger partial charge in [0.1, 0.15) is 0 Å². The summed E-state index contributed by atoms with van der Waals surface area (Å²) in [6, 6.07) is 11.0. The van der Waals surface area contributed by atoms with Gasteiger partial charge in [-0.3, -0.25) is 9.59 Å². The average molecular weight is 519 g/mol. The van der Waals surface area contributed by atoms with Crippen LogP contribution < -0.4 is 9.80 Å². The molecular formula is C24H27BrN2O4S. The van der Waals surface area contributed by atoms with Crippen LogP contribution in [0, 0.1) is 12.8 Å². The fourth-order valence-corrected chi connectivity index (χ4v) is 6.61. The number of carbonyl (C=O) groups is 2. The van der Waals surface area contributed by atoms with E-state index in [2.05, 4.69) is 15.9 Å². The van der Waals surface area contributed by atoms with Gasteiger partial charge in [0.2, 0.25) is 11.8 Å². The van der Waals surface area contributed by atoms with Crippen LogP contribution in [0.15, 0.2) is 45.8 Å². The van der Waals surface area contributed by atoms with Crippen LogP contribution in [0.2, 0.25) is 0 Å². The quantitative estimate of drug-likeness (QED) is 0.548. The van der Waals surface area contributed by atoms with Gasteiger partial charge in [0, 0.05) is 41.3 Å². The predicted molar refractivity (Wildman–Crippen MR) is 129 cm³/mol. The normalized spacial score (nSPS) is 15.5. The minimum absolute atomic E-state index is 0.0731. The topological polar surface area (TPSA) is 74.8 Å². The summed E-state index contributed by atoms with van der Waals surface area (Å²) in [5, 5.41) is 0. The Morgan fingerprint density at radius 1 is 1.19 bits per heavy atom. The molecule has 2 aromatic carbocycles. The molecule has 6 nitrogen and oxygen atoms in total. The molecule has 0 aromatic heterocycles.